The Kier molecular flexibility index (Phi) is 6.95. The van der Waals surface area contributed by atoms with Crippen LogP contribution in [0.15, 0.2) is 0 Å². The molecule has 1 aliphatic rings. The smallest absolute Gasteiger partial charge is 0.317 e. The molecule has 0 aromatic heterocycles. The third kappa shape index (κ3) is 6.33. The summed E-state index contributed by atoms with van der Waals surface area (Å²) >= 11 is 0. The SMILES string of the molecule is CC(C)CN1CCN(C(=O)NC(CC(=O)O)C(C)C)CC1. The Morgan fingerprint density at radius 1 is 1.10 bits per heavy atom. The minimum Gasteiger partial charge on any atom is -0.481 e. The maximum absolute atomic E-state index is 12.2. The van der Waals surface area contributed by atoms with Crippen molar-refractivity contribution in [1.29, 1.82) is 0 Å². The molecule has 1 saturated heterocycles. The number of hydrogen-bond acceptors (Lipinski definition) is 3. The van der Waals surface area contributed by atoms with Gasteiger partial charge in [-0.3, -0.25) is 9.69 Å². The van der Waals surface area contributed by atoms with E-state index < -0.39 is 5.97 Å². The van der Waals surface area contributed by atoms with Crippen molar-refractivity contribution in [3.8, 4) is 0 Å². The van der Waals surface area contributed by atoms with Crippen molar-refractivity contribution in [3.05, 3.63) is 0 Å². The van der Waals surface area contributed by atoms with Crippen LogP contribution >= 0.6 is 0 Å². The summed E-state index contributed by atoms with van der Waals surface area (Å²) in [4.78, 5) is 27.2. The first-order valence-corrected chi connectivity index (χ1v) is 7.79. The van der Waals surface area contributed by atoms with Crippen molar-refractivity contribution in [2.24, 2.45) is 11.8 Å². The van der Waals surface area contributed by atoms with Crippen LogP contribution in [0.25, 0.3) is 0 Å². The van der Waals surface area contributed by atoms with E-state index in [9.17, 15) is 9.59 Å². The predicted molar refractivity (Wildman–Crippen MR) is 82.3 cm³/mol. The van der Waals surface area contributed by atoms with Gasteiger partial charge in [0.2, 0.25) is 0 Å². The molecule has 0 aromatic carbocycles. The molecule has 0 radical (unpaired) electrons. The van der Waals surface area contributed by atoms with Crippen LogP contribution in [0, 0.1) is 11.8 Å². The summed E-state index contributed by atoms with van der Waals surface area (Å²) in [7, 11) is 0. The number of piperazine rings is 1. The molecule has 0 aromatic rings. The number of rotatable bonds is 6. The van der Waals surface area contributed by atoms with Gasteiger partial charge in [0, 0.05) is 38.8 Å². The second kappa shape index (κ2) is 8.22. The van der Waals surface area contributed by atoms with E-state index in [1.807, 2.05) is 13.8 Å². The van der Waals surface area contributed by atoms with Crippen LogP contribution < -0.4 is 5.32 Å². The Balaban J connectivity index is 2.43. The van der Waals surface area contributed by atoms with Crippen LogP contribution in [0.1, 0.15) is 34.1 Å². The molecule has 1 rings (SSSR count). The van der Waals surface area contributed by atoms with E-state index in [2.05, 4.69) is 24.1 Å². The zero-order valence-electron chi connectivity index (χ0n) is 13.6. The second-order valence-corrected chi connectivity index (χ2v) is 6.58. The van der Waals surface area contributed by atoms with Gasteiger partial charge in [-0.25, -0.2) is 4.79 Å². The number of carboxylic acid groups (broad SMARTS) is 1. The highest BCUT2D eigenvalue weighted by atomic mass is 16.4. The average molecular weight is 299 g/mol. The van der Waals surface area contributed by atoms with Crippen molar-refractivity contribution in [3.63, 3.8) is 0 Å². The highest BCUT2D eigenvalue weighted by Crippen LogP contribution is 2.09. The molecule has 2 amide bonds. The minimum absolute atomic E-state index is 0.0310. The largest absolute Gasteiger partial charge is 0.481 e. The molecule has 21 heavy (non-hydrogen) atoms. The van der Waals surface area contributed by atoms with Gasteiger partial charge in [0.05, 0.1) is 6.42 Å². The first-order chi connectivity index (χ1) is 9.79. The lowest BCUT2D eigenvalue weighted by molar-refractivity contribution is -0.137. The Hall–Kier alpha value is -1.30. The molecule has 1 aliphatic heterocycles. The van der Waals surface area contributed by atoms with Gasteiger partial charge in [0.15, 0.2) is 0 Å². The van der Waals surface area contributed by atoms with Crippen LogP contribution in [0.5, 0.6) is 0 Å². The number of carboxylic acids is 1. The number of hydrogen-bond donors (Lipinski definition) is 2. The topological polar surface area (TPSA) is 72.9 Å². The highest BCUT2D eigenvalue weighted by molar-refractivity contribution is 5.76. The quantitative estimate of drug-likeness (QED) is 0.779. The van der Waals surface area contributed by atoms with Gasteiger partial charge in [0.1, 0.15) is 0 Å². The summed E-state index contributed by atoms with van der Waals surface area (Å²) in [6.07, 6.45) is -0.0310. The van der Waals surface area contributed by atoms with Gasteiger partial charge < -0.3 is 15.3 Å². The predicted octanol–water partition coefficient (Wildman–Crippen LogP) is 1.47. The van der Waals surface area contributed by atoms with Crippen LogP contribution in [0.4, 0.5) is 4.79 Å². The van der Waals surface area contributed by atoms with E-state index >= 15 is 0 Å². The van der Waals surface area contributed by atoms with E-state index in [1.165, 1.54) is 0 Å². The minimum atomic E-state index is -0.879. The lowest BCUT2D eigenvalue weighted by Gasteiger charge is -2.36. The second-order valence-electron chi connectivity index (χ2n) is 6.58. The number of nitrogens with zero attached hydrogens (tertiary/aromatic N) is 2. The maximum Gasteiger partial charge on any atom is 0.317 e. The summed E-state index contributed by atoms with van der Waals surface area (Å²) in [6.45, 7) is 12.5. The summed E-state index contributed by atoms with van der Waals surface area (Å²) in [6, 6.07) is -0.456. The van der Waals surface area contributed by atoms with E-state index in [0.717, 1.165) is 19.6 Å². The first-order valence-electron chi connectivity index (χ1n) is 7.79. The molecule has 1 fully saturated rings. The fourth-order valence-corrected chi connectivity index (χ4v) is 2.54. The first kappa shape index (κ1) is 17.8. The average Bonchev–Trinajstić information content (AvgIpc) is 2.37. The molecule has 1 unspecified atom stereocenters. The molecule has 0 aliphatic carbocycles. The third-order valence-electron chi connectivity index (χ3n) is 3.79. The Morgan fingerprint density at radius 2 is 1.67 bits per heavy atom. The van der Waals surface area contributed by atoms with Crippen molar-refractivity contribution in [1.82, 2.24) is 15.1 Å². The number of carbonyl (C=O) groups is 2. The van der Waals surface area contributed by atoms with Gasteiger partial charge in [-0.05, 0) is 11.8 Å². The van der Waals surface area contributed by atoms with E-state index in [1.54, 1.807) is 4.90 Å². The molecule has 1 heterocycles. The van der Waals surface area contributed by atoms with Crippen molar-refractivity contribution >= 4 is 12.0 Å². The number of carbonyl (C=O) groups excluding carboxylic acids is 1. The van der Waals surface area contributed by atoms with Gasteiger partial charge in [0.25, 0.3) is 0 Å². The maximum atomic E-state index is 12.2. The van der Waals surface area contributed by atoms with Crippen molar-refractivity contribution < 1.29 is 14.7 Å². The fourth-order valence-electron chi connectivity index (χ4n) is 2.54. The number of urea groups is 1. The molecule has 6 heteroatoms. The van der Waals surface area contributed by atoms with E-state index in [-0.39, 0.29) is 24.4 Å². The number of amides is 2. The monoisotopic (exact) mass is 299 g/mol. The standard InChI is InChI=1S/C15H29N3O3/c1-11(2)10-17-5-7-18(8-6-17)15(21)16-13(12(3)4)9-14(19)20/h11-13H,5-10H2,1-4H3,(H,16,21)(H,19,20). The van der Waals surface area contributed by atoms with Gasteiger partial charge in [-0.15, -0.1) is 0 Å². The number of nitrogens with one attached hydrogen (secondary N) is 1. The van der Waals surface area contributed by atoms with Crippen LogP contribution in [-0.2, 0) is 4.79 Å². The molecule has 0 saturated carbocycles. The van der Waals surface area contributed by atoms with Gasteiger partial charge in [-0.1, -0.05) is 27.7 Å². The Bertz CT molecular complexity index is 350. The van der Waals surface area contributed by atoms with Gasteiger partial charge >= 0.3 is 12.0 Å². The van der Waals surface area contributed by atoms with Crippen LogP contribution in [-0.4, -0.2) is 65.7 Å². The molecule has 122 valence electrons. The highest BCUT2D eigenvalue weighted by Gasteiger charge is 2.25. The van der Waals surface area contributed by atoms with Gasteiger partial charge in [-0.2, -0.15) is 0 Å². The normalized spacial score (nSPS) is 18.1. The fraction of sp³-hybridized carbons (Fsp3) is 0.867. The van der Waals surface area contributed by atoms with Crippen LogP contribution in [0.3, 0.4) is 0 Å². The summed E-state index contributed by atoms with van der Waals surface area (Å²) in [5.41, 5.74) is 0. The molecule has 2 N–H and O–H groups in total. The summed E-state index contributed by atoms with van der Waals surface area (Å²) in [5, 5.41) is 11.8. The summed E-state index contributed by atoms with van der Waals surface area (Å²) in [5.74, 6) is -0.144. The molecule has 1 atom stereocenters. The lowest BCUT2D eigenvalue weighted by Crippen LogP contribution is -2.54. The molecule has 6 nitrogen and oxygen atoms in total. The Morgan fingerprint density at radius 3 is 2.10 bits per heavy atom. The van der Waals surface area contributed by atoms with E-state index in [4.69, 9.17) is 5.11 Å². The van der Waals surface area contributed by atoms with Crippen LogP contribution in [0.2, 0.25) is 0 Å². The lowest BCUT2D eigenvalue weighted by atomic mass is 10.0. The number of aliphatic carboxylic acids is 1. The third-order valence-corrected chi connectivity index (χ3v) is 3.79. The molecule has 0 spiro atoms. The molecular weight excluding hydrogens is 270 g/mol. The zero-order valence-corrected chi connectivity index (χ0v) is 13.6. The zero-order chi connectivity index (χ0) is 16.0. The molecular formula is C15H29N3O3. The molecule has 0 bridgehead atoms. The summed E-state index contributed by atoms with van der Waals surface area (Å²) < 4.78 is 0. The van der Waals surface area contributed by atoms with E-state index in [0.29, 0.717) is 19.0 Å². The van der Waals surface area contributed by atoms with Crippen molar-refractivity contribution in [2.75, 3.05) is 32.7 Å². The van der Waals surface area contributed by atoms with Crippen molar-refractivity contribution in [2.45, 2.75) is 40.2 Å². The Labute approximate surface area is 127 Å².